The van der Waals surface area contributed by atoms with Crippen molar-refractivity contribution < 1.29 is 19.1 Å². The number of hydrogen-bond donors (Lipinski definition) is 0. The smallest absolute Gasteiger partial charge is 0.248 e. The minimum absolute atomic E-state index is 0.00958. The zero-order valence-corrected chi connectivity index (χ0v) is 15.6. The number of amides is 3. The van der Waals surface area contributed by atoms with Gasteiger partial charge in [0, 0.05) is 39.0 Å². The number of rotatable bonds is 2. The van der Waals surface area contributed by atoms with Crippen LogP contribution in [0.2, 0.25) is 0 Å². The van der Waals surface area contributed by atoms with Gasteiger partial charge in [0.25, 0.3) is 0 Å². The van der Waals surface area contributed by atoms with E-state index in [2.05, 4.69) is 0 Å². The molecule has 2 aliphatic carbocycles. The third kappa shape index (κ3) is 3.10. The van der Waals surface area contributed by atoms with Crippen LogP contribution in [0, 0.1) is 5.92 Å². The van der Waals surface area contributed by atoms with Gasteiger partial charge in [0.1, 0.15) is 11.8 Å². The molecule has 0 bridgehead atoms. The molecule has 0 aromatic rings. The number of carbonyl (C=O) groups is 3. The summed E-state index contributed by atoms with van der Waals surface area (Å²) in [5.74, 6) is 0.239. The molecule has 3 amide bonds. The molecule has 4 aliphatic rings. The van der Waals surface area contributed by atoms with Crippen LogP contribution in [0.5, 0.6) is 0 Å². The number of nitrogens with zero attached hydrogens (tertiary/aromatic N) is 3. The average Bonchev–Trinajstić information content (AvgIpc) is 3.45. The zero-order valence-electron chi connectivity index (χ0n) is 15.6. The molecule has 26 heavy (non-hydrogen) atoms. The number of ether oxygens (including phenoxy) is 1. The van der Waals surface area contributed by atoms with Crippen molar-refractivity contribution in [1.29, 1.82) is 0 Å². The highest BCUT2D eigenvalue weighted by Crippen LogP contribution is 2.44. The largest absolute Gasteiger partial charge is 0.353 e. The van der Waals surface area contributed by atoms with Crippen LogP contribution in [0.25, 0.3) is 0 Å². The fraction of sp³-hybridized carbons (Fsp3) is 0.842. The van der Waals surface area contributed by atoms with Gasteiger partial charge in [-0.15, -0.1) is 0 Å². The van der Waals surface area contributed by atoms with E-state index < -0.39 is 11.8 Å². The highest BCUT2D eigenvalue weighted by molar-refractivity contribution is 5.90. The Morgan fingerprint density at radius 2 is 1.50 bits per heavy atom. The van der Waals surface area contributed by atoms with Crippen LogP contribution < -0.4 is 0 Å². The number of hydrogen-bond acceptors (Lipinski definition) is 4. The predicted molar refractivity (Wildman–Crippen MR) is 94.0 cm³/mol. The molecule has 7 heteroatoms. The van der Waals surface area contributed by atoms with Gasteiger partial charge in [0.05, 0.1) is 6.61 Å². The van der Waals surface area contributed by atoms with Crippen molar-refractivity contribution >= 4 is 17.7 Å². The van der Waals surface area contributed by atoms with Crippen LogP contribution in [0.4, 0.5) is 0 Å². The summed E-state index contributed by atoms with van der Waals surface area (Å²) < 4.78 is 6.17. The molecule has 0 aromatic heterocycles. The van der Waals surface area contributed by atoms with E-state index in [1.54, 1.807) is 11.8 Å². The lowest BCUT2D eigenvalue weighted by atomic mass is 9.89. The molecule has 1 atom stereocenters. The molecule has 2 saturated heterocycles. The lowest BCUT2D eigenvalue weighted by molar-refractivity contribution is -0.163. The molecule has 4 fully saturated rings. The molecule has 2 aliphatic heterocycles. The van der Waals surface area contributed by atoms with Gasteiger partial charge in [-0.1, -0.05) is 6.42 Å². The molecular formula is C19H29N3O4. The monoisotopic (exact) mass is 363 g/mol. The molecule has 4 rings (SSSR count). The Hall–Kier alpha value is -1.63. The summed E-state index contributed by atoms with van der Waals surface area (Å²) in [6, 6.07) is -0.495. The third-order valence-electron chi connectivity index (χ3n) is 6.38. The molecule has 2 heterocycles. The lowest BCUT2D eigenvalue weighted by Gasteiger charge is -2.43. The van der Waals surface area contributed by atoms with E-state index in [0.29, 0.717) is 32.8 Å². The first-order valence-corrected chi connectivity index (χ1v) is 10.0. The van der Waals surface area contributed by atoms with E-state index in [4.69, 9.17) is 4.74 Å². The molecule has 1 spiro atoms. The van der Waals surface area contributed by atoms with Crippen LogP contribution in [-0.2, 0) is 19.1 Å². The van der Waals surface area contributed by atoms with Crippen LogP contribution >= 0.6 is 0 Å². The molecule has 0 radical (unpaired) electrons. The zero-order chi connectivity index (χ0) is 18.3. The summed E-state index contributed by atoms with van der Waals surface area (Å²) >= 11 is 0. The SMILES string of the molecule is CC(=O)N1CCN(C(=O)C2COC3(CCCCC3)N2C(=O)C2CC2)CC1. The molecule has 0 aromatic carbocycles. The Balaban J connectivity index is 1.50. The average molecular weight is 363 g/mol. The van der Waals surface area contributed by atoms with Gasteiger partial charge in [0.2, 0.25) is 17.7 Å². The van der Waals surface area contributed by atoms with Crippen LogP contribution in [0.1, 0.15) is 51.9 Å². The Labute approximate surface area is 154 Å². The summed E-state index contributed by atoms with van der Waals surface area (Å²) in [5.41, 5.74) is -0.556. The highest BCUT2D eigenvalue weighted by Gasteiger charge is 2.55. The summed E-state index contributed by atoms with van der Waals surface area (Å²) in [7, 11) is 0. The van der Waals surface area contributed by atoms with E-state index in [9.17, 15) is 14.4 Å². The van der Waals surface area contributed by atoms with Crippen LogP contribution in [0.3, 0.4) is 0 Å². The van der Waals surface area contributed by atoms with E-state index in [-0.39, 0.29) is 23.6 Å². The molecule has 0 N–H and O–H groups in total. The fourth-order valence-corrected chi connectivity index (χ4v) is 4.67. The molecular weight excluding hydrogens is 334 g/mol. The third-order valence-corrected chi connectivity index (χ3v) is 6.38. The van der Waals surface area contributed by atoms with Crippen LogP contribution in [0.15, 0.2) is 0 Å². The van der Waals surface area contributed by atoms with Gasteiger partial charge in [-0.05, 0) is 38.5 Å². The topological polar surface area (TPSA) is 70.2 Å². The maximum atomic E-state index is 13.2. The van der Waals surface area contributed by atoms with E-state index in [1.165, 1.54) is 6.42 Å². The molecule has 7 nitrogen and oxygen atoms in total. The Morgan fingerprint density at radius 1 is 0.885 bits per heavy atom. The van der Waals surface area contributed by atoms with Crippen molar-refractivity contribution in [3.63, 3.8) is 0 Å². The first-order chi connectivity index (χ1) is 12.5. The first-order valence-electron chi connectivity index (χ1n) is 10.0. The number of carbonyl (C=O) groups excluding carboxylic acids is 3. The Morgan fingerprint density at radius 3 is 2.08 bits per heavy atom. The van der Waals surface area contributed by atoms with Gasteiger partial charge in [0.15, 0.2) is 0 Å². The second kappa shape index (κ2) is 6.83. The van der Waals surface area contributed by atoms with Crippen molar-refractivity contribution in [2.45, 2.75) is 63.6 Å². The fourth-order valence-electron chi connectivity index (χ4n) is 4.67. The summed E-state index contributed by atoms with van der Waals surface area (Å²) in [6.07, 6.45) is 6.81. The van der Waals surface area contributed by atoms with Gasteiger partial charge in [-0.2, -0.15) is 0 Å². The van der Waals surface area contributed by atoms with Crippen molar-refractivity contribution in [3.05, 3.63) is 0 Å². The van der Waals surface area contributed by atoms with Crippen molar-refractivity contribution in [2.24, 2.45) is 5.92 Å². The standard InChI is InChI=1S/C19H29N3O4/c1-14(23)20-9-11-21(12-10-20)18(25)16-13-26-19(7-3-2-4-8-19)22(16)17(24)15-5-6-15/h15-16H,2-13H2,1H3. The van der Waals surface area contributed by atoms with Crippen molar-refractivity contribution in [2.75, 3.05) is 32.8 Å². The quantitative estimate of drug-likeness (QED) is 0.733. The minimum Gasteiger partial charge on any atom is -0.353 e. The Bertz CT molecular complexity index is 590. The Kier molecular flexibility index (Phi) is 4.67. The van der Waals surface area contributed by atoms with Gasteiger partial charge in [-0.25, -0.2) is 0 Å². The lowest BCUT2D eigenvalue weighted by Crippen LogP contribution is -2.59. The summed E-state index contributed by atoms with van der Waals surface area (Å²) in [5, 5.41) is 0. The van der Waals surface area contributed by atoms with Gasteiger partial charge >= 0.3 is 0 Å². The second-order valence-corrected chi connectivity index (χ2v) is 8.15. The normalized spacial score (nSPS) is 28.5. The molecule has 144 valence electrons. The number of piperazine rings is 1. The second-order valence-electron chi connectivity index (χ2n) is 8.15. The molecule has 2 saturated carbocycles. The highest BCUT2D eigenvalue weighted by atomic mass is 16.5. The van der Waals surface area contributed by atoms with Gasteiger partial charge < -0.3 is 14.5 Å². The van der Waals surface area contributed by atoms with E-state index >= 15 is 0 Å². The maximum absolute atomic E-state index is 13.2. The molecule has 1 unspecified atom stereocenters. The van der Waals surface area contributed by atoms with Crippen LogP contribution in [-0.4, -0.2) is 77.0 Å². The van der Waals surface area contributed by atoms with E-state index in [0.717, 1.165) is 38.5 Å². The minimum atomic E-state index is -0.556. The van der Waals surface area contributed by atoms with Crippen molar-refractivity contribution in [3.8, 4) is 0 Å². The summed E-state index contributed by atoms with van der Waals surface area (Å²) in [4.78, 5) is 43.2. The van der Waals surface area contributed by atoms with Crippen molar-refractivity contribution in [1.82, 2.24) is 14.7 Å². The summed E-state index contributed by atoms with van der Waals surface area (Å²) in [6.45, 7) is 4.07. The van der Waals surface area contributed by atoms with Gasteiger partial charge in [-0.3, -0.25) is 19.3 Å². The maximum Gasteiger partial charge on any atom is 0.248 e. The van der Waals surface area contributed by atoms with E-state index in [1.807, 2.05) is 9.80 Å². The first kappa shape index (κ1) is 17.8. The predicted octanol–water partition coefficient (Wildman–Crippen LogP) is 0.975.